The van der Waals surface area contributed by atoms with E-state index >= 15 is 0 Å². The number of carbonyl (C=O) groups is 1. The molecule has 0 aliphatic carbocycles. The predicted octanol–water partition coefficient (Wildman–Crippen LogP) is 5.10. The van der Waals surface area contributed by atoms with Gasteiger partial charge in [-0.1, -0.05) is 67.6 Å². The van der Waals surface area contributed by atoms with Crippen LogP contribution in [0.15, 0.2) is 90.3 Å². The molecule has 0 aliphatic rings. The van der Waals surface area contributed by atoms with Crippen molar-refractivity contribution in [2.75, 3.05) is 4.90 Å². The Morgan fingerprint density at radius 2 is 1.38 bits per heavy atom. The van der Waals surface area contributed by atoms with E-state index in [1.807, 2.05) is 36.4 Å². The van der Waals surface area contributed by atoms with Crippen LogP contribution < -0.4 is 9.62 Å². The number of sulfonamides is 1. The average molecular weight is 407 g/mol. The minimum atomic E-state index is -3.98. The van der Waals surface area contributed by atoms with Crippen LogP contribution in [-0.2, 0) is 16.4 Å². The zero-order chi connectivity index (χ0) is 20.7. The van der Waals surface area contributed by atoms with Crippen LogP contribution in [0.1, 0.15) is 18.1 Å². The Morgan fingerprint density at radius 1 is 0.862 bits per heavy atom. The van der Waals surface area contributed by atoms with Crippen LogP contribution in [0.4, 0.5) is 16.2 Å². The predicted molar refractivity (Wildman–Crippen MR) is 117 cm³/mol. The molecule has 0 unspecified atom stereocenters. The van der Waals surface area contributed by atoms with Crippen LogP contribution in [-0.4, -0.2) is 14.4 Å². The number of hydrogen-bond acceptors (Lipinski definition) is 3. The topological polar surface area (TPSA) is 66.5 Å². The standard InChI is InChI=1S/C23H22N2O3S/c1-2-19-13-15-20(16-14-19)17-18-29(27,28)24-23(26)25(21-9-5-3-6-10-21)22-11-7-4-8-12-22/h3-18H,2H2,1H3,(H,24,26). The van der Waals surface area contributed by atoms with E-state index in [9.17, 15) is 13.2 Å². The summed E-state index contributed by atoms with van der Waals surface area (Å²) in [6, 6.07) is 24.6. The highest BCUT2D eigenvalue weighted by atomic mass is 32.2. The number of carbonyl (C=O) groups excluding carboxylic acids is 1. The van der Waals surface area contributed by atoms with Crippen molar-refractivity contribution < 1.29 is 13.2 Å². The van der Waals surface area contributed by atoms with Gasteiger partial charge in [-0.3, -0.25) is 4.90 Å². The number of nitrogens with one attached hydrogen (secondary N) is 1. The van der Waals surface area contributed by atoms with E-state index in [0.29, 0.717) is 11.4 Å². The summed E-state index contributed by atoms with van der Waals surface area (Å²) in [6.45, 7) is 2.05. The SMILES string of the molecule is CCc1ccc(C=CS(=O)(=O)NC(=O)N(c2ccccc2)c2ccccc2)cc1. The van der Waals surface area contributed by atoms with Crippen molar-refractivity contribution >= 4 is 33.5 Å². The van der Waals surface area contributed by atoms with Crippen molar-refractivity contribution in [3.05, 3.63) is 101 Å². The lowest BCUT2D eigenvalue weighted by atomic mass is 10.1. The van der Waals surface area contributed by atoms with E-state index in [-0.39, 0.29) is 0 Å². The zero-order valence-corrected chi connectivity index (χ0v) is 16.8. The van der Waals surface area contributed by atoms with Gasteiger partial charge in [-0.25, -0.2) is 17.9 Å². The molecule has 0 radical (unpaired) electrons. The number of urea groups is 1. The third-order valence-electron chi connectivity index (χ3n) is 4.29. The first kappa shape index (κ1) is 20.4. The molecular formula is C23H22N2O3S. The molecule has 0 aliphatic heterocycles. The molecule has 29 heavy (non-hydrogen) atoms. The number of nitrogens with zero attached hydrogens (tertiary/aromatic N) is 1. The summed E-state index contributed by atoms with van der Waals surface area (Å²) in [5.74, 6) is 0. The zero-order valence-electron chi connectivity index (χ0n) is 16.0. The van der Waals surface area contributed by atoms with Crippen molar-refractivity contribution in [3.63, 3.8) is 0 Å². The molecule has 0 saturated carbocycles. The fraction of sp³-hybridized carbons (Fsp3) is 0.0870. The summed E-state index contributed by atoms with van der Waals surface area (Å²) in [5.41, 5.74) is 3.03. The molecular weight excluding hydrogens is 384 g/mol. The normalized spacial score (nSPS) is 11.3. The van der Waals surface area contributed by atoms with Gasteiger partial charge in [0.15, 0.2) is 0 Å². The van der Waals surface area contributed by atoms with Crippen LogP contribution in [0, 0.1) is 0 Å². The van der Waals surface area contributed by atoms with Crippen molar-refractivity contribution in [1.82, 2.24) is 4.72 Å². The van der Waals surface area contributed by atoms with Gasteiger partial charge in [0.2, 0.25) is 0 Å². The summed E-state index contributed by atoms with van der Waals surface area (Å²) in [6.07, 6.45) is 2.37. The molecule has 3 rings (SSSR count). The van der Waals surface area contributed by atoms with Gasteiger partial charge in [0.1, 0.15) is 0 Å². The van der Waals surface area contributed by atoms with Crippen LogP contribution in [0.2, 0.25) is 0 Å². The molecule has 2 amide bonds. The summed E-state index contributed by atoms with van der Waals surface area (Å²) in [7, 11) is -3.98. The van der Waals surface area contributed by atoms with Gasteiger partial charge < -0.3 is 0 Å². The smallest absolute Gasteiger partial charge is 0.262 e. The molecule has 6 heteroatoms. The number of aryl methyl sites for hydroxylation is 1. The summed E-state index contributed by atoms with van der Waals surface area (Å²) >= 11 is 0. The Morgan fingerprint density at radius 3 is 1.86 bits per heavy atom. The summed E-state index contributed by atoms with van der Waals surface area (Å²) < 4.78 is 27.0. The second kappa shape index (κ2) is 9.21. The first-order valence-corrected chi connectivity index (χ1v) is 10.8. The monoisotopic (exact) mass is 406 g/mol. The molecule has 0 saturated heterocycles. The highest BCUT2D eigenvalue weighted by Gasteiger charge is 2.21. The van der Waals surface area contributed by atoms with Crippen LogP contribution in [0.3, 0.4) is 0 Å². The van der Waals surface area contributed by atoms with Crippen molar-refractivity contribution in [1.29, 1.82) is 0 Å². The van der Waals surface area contributed by atoms with E-state index in [1.54, 1.807) is 48.5 Å². The summed E-state index contributed by atoms with van der Waals surface area (Å²) in [5, 5.41) is 1.00. The number of para-hydroxylation sites is 2. The van der Waals surface area contributed by atoms with Gasteiger partial charge in [-0.2, -0.15) is 0 Å². The third-order valence-corrected chi connectivity index (χ3v) is 5.24. The number of rotatable bonds is 6. The van der Waals surface area contributed by atoms with E-state index in [0.717, 1.165) is 17.4 Å². The fourth-order valence-electron chi connectivity index (χ4n) is 2.77. The fourth-order valence-corrected chi connectivity index (χ4v) is 3.51. The Bertz CT molecular complexity index is 1040. The van der Waals surface area contributed by atoms with E-state index < -0.39 is 16.1 Å². The highest BCUT2D eigenvalue weighted by molar-refractivity contribution is 7.93. The Labute approximate surface area is 171 Å². The molecule has 148 valence electrons. The summed E-state index contributed by atoms with van der Waals surface area (Å²) in [4.78, 5) is 14.2. The second-order valence-electron chi connectivity index (χ2n) is 6.36. The van der Waals surface area contributed by atoms with E-state index in [4.69, 9.17) is 0 Å². The van der Waals surface area contributed by atoms with Gasteiger partial charge in [0.05, 0.1) is 16.8 Å². The highest BCUT2D eigenvalue weighted by Crippen LogP contribution is 2.25. The van der Waals surface area contributed by atoms with Gasteiger partial charge in [0.25, 0.3) is 10.0 Å². The van der Waals surface area contributed by atoms with Gasteiger partial charge in [-0.15, -0.1) is 0 Å². The number of benzene rings is 3. The maximum atomic E-state index is 12.9. The molecule has 0 aromatic heterocycles. The lowest BCUT2D eigenvalue weighted by Gasteiger charge is -2.22. The molecule has 3 aromatic carbocycles. The van der Waals surface area contributed by atoms with Gasteiger partial charge in [-0.05, 0) is 47.9 Å². The lowest BCUT2D eigenvalue weighted by molar-refractivity contribution is 0.253. The van der Waals surface area contributed by atoms with Gasteiger partial charge >= 0.3 is 6.03 Å². The Kier molecular flexibility index (Phi) is 6.46. The minimum absolute atomic E-state index is 0.561. The largest absolute Gasteiger partial charge is 0.340 e. The third kappa shape index (κ3) is 5.56. The maximum absolute atomic E-state index is 12.9. The minimum Gasteiger partial charge on any atom is -0.262 e. The maximum Gasteiger partial charge on any atom is 0.340 e. The van der Waals surface area contributed by atoms with Crippen LogP contribution in [0.5, 0.6) is 0 Å². The van der Waals surface area contributed by atoms with Crippen molar-refractivity contribution in [2.24, 2.45) is 0 Å². The molecule has 0 bridgehead atoms. The molecule has 0 heterocycles. The molecule has 5 nitrogen and oxygen atoms in total. The van der Waals surface area contributed by atoms with E-state index in [2.05, 4.69) is 11.6 Å². The number of anilines is 2. The number of hydrogen-bond donors (Lipinski definition) is 1. The molecule has 0 fully saturated rings. The molecule has 0 spiro atoms. The molecule has 1 N–H and O–H groups in total. The quantitative estimate of drug-likeness (QED) is 0.619. The van der Waals surface area contributed by atoms with Gasteiger partial charge in [0, 0.05) is 0 Å². The Hall–Kier alpha value is -3.38. The number of amides is 2. The van der Waals surface area contributed by atoms with E-state index in [1.165, 1.54) is 16.5 Å². The Balaban J connectivity index is 1.81. The molecule has 3 aromatic rings. The van der Waals surface area contributed by atoms with Crippen molar-refractivity contribution in [3.8, 4) is 0 Å². The first-order chi connectivity index (χ1) is 14.0. The van der Waals surface area contributed by atoms with Crippen LogP contribution >= 0.6 is 0 Å². The second-order valence-corrected chi connectivity index (χ2v) is 7.92. The van der Waals surface area contributed by atoms with Crippen molar-refractivity contribution in [2.45, 2.75) is 13.3 Å². The molecule has 0 atom stereocenters. The van der Waals surface area contributed by atoms with Crippen LogP contribution in [0.25, 0.3) is 6.08 Å². The lowest BCUT2D eigenvalue weighted by Crippen LogP contribution is -2.39. The average Bonchev–Trinajstić information content (AvgIpc) is 2.74. The first-order valence-electron chi connectivity index (χ1n) is 9.22.